The third kappa shape index (κ3) is 2.29. The summed E-state index contributed by atoms with van der Waals surface area (Å²) >= 11 is 2.19. The van der Waals surface area contributed by atoms with Gasteiger partial charge < -0.3 is 0 Å². The summed E-state index contributed by atoms with van der Waals surface area (Å²) in [5, 5.41) is 0. The zero-order chi connectivity index (χ0) is 14.5. The molecule has 0 aromatic carbocycles. The van der Waals surface area contributed by atoms with Crippen LogP contribution in [0.4, 0.5) is 43.9 Å². The Balaban J connectivity index is 5.73. The molecule has 0 nitrogen and oxygen atoms in total. The Bertz CT molecular complexity index is 256. The fraction of sp³-hybridized carbons (Fsp3) is 1.00. The van der Waals surface area contributed by atoms with Crippen LogP contribution in [0.3, 0.4) is 0 Å². The van der Waals surface area contributed by atoms with Crippen LogP contribution in [-0.4, -0.2) is 28.9 Å². The highest BCUT2D eigenvalue weighted by Gasteiger charge is 2.81. The minimum absolute atomic E-state index is 0.628. The molecular formula is C6H4F10S. The van der Waals surface area contributed by atoms with Crippen molar-refractivity contribution in [3.63, 3.8) is 0 Å². The van der Waals surface area contributed by atoms with E-state index in [1.807, 2.05) is 0 Å². The van der Waals surface area contributed by atoms with Crippen molar-refractivity contribution in [3.05, 3.63) is 0 Å². The maximum atomic E-state index is 12.6. The van der Waals surface area contributed by atoms with E-state index in [1.165, 1.54) is 0 Å². The van der Waals surface area contributed by atoms with Gasteiger partial charge >= 0.3 is 24.2 Å². The van der Waals surface area contributed by atoms with Crippen molar-refractivity contribution < 1.29 is 43.9 Å². The minimum atomic E-state index is -6.59. The molecule has 0 heterocycles. The summed E-state index contributed by atoms with van der Waals surface area (Å²) in [5.74, 6) is -12.7. The van der Waals surface area contributed by atoms with Gasteiger partial charge in [0.1, 0.15) is 0 Å². The molecule has 0 rings (SSSR count). The van der Waals surface area contributed by atoms with Gasteiger partial charge in [-0.25, -0.2) is 0 Å². The monoisotopic (exact) mass is 298 g/mol. The van der Waals surface area contributed by atoms with Gasteiger partial charge in [-0.2, -0.15) is 56.5 Å². The first-order valence-electron chi connectivity index (χ1n) is 3.61. The van der Waals surface area contributed by atoms with Crippen LogP contribution < -0.4 is 0 Å². The first-order valence-corrected chi connectivity index (χ1v) is 4.06. The molecule has 0 fully saturated rings. The van der Waals surface area contributed by atoms with Gasteiger partial charge in [-0.3, -0.25) is 0 Å². The van der Waals surface area contributed by atoms with Crippen LogP contribution in [-0.2, 0) is 0 Å². The molecule has 0 aliphatic carbocycles. The lowest BCUT2D eigenvalue weighted by Crippen LogP contribution is -2.65. The third-order valence-corrected chi connectivity index (χ3v) is 2.50. The van der Waals surface area contributed by atoms with E-state index in [1.54, 1.807) is 0 Å². The van der Waals surface area contributed by atoms with E-state index in [4.69, 9.17) is 0 Å². The van der Waals surface area contributed by atoms with Crippen molar-refractivity contribution in [2.24, 2.45) is 0 Å². The van der Waals surface area contributed by atoms with Gasteiger partial charge in [-0.1, -0.05) is 0 Å². The average molecular weight is 298 g/mol. The van der Waals surface area contributed by atoms with E-state index in [2.05, 4.69) is 12.6 Å². The van der Waals surface area contributed by atoms with Gasteiger partial charge in [0.25, 0.3) is 0 Å². The largest absolute Gasteiger partial charge is 0.455 e. The number of halogens is 10. The van der Waals surface area contributed by atoms with E-state index < -0.39 is 35.9 Å². The Kier molecular flexibility index (Phi) is 3.74. The van der Waals surface area contributed by atoms with Crippen molar-refractivity contribution in [1.29, 1.82) is 0 Å². The second-order valence-electron chi connectivity index (χ2n) is 3.22. The predicted octanol–water partition coefficient (Wildman–Crippen LogP) is 4.07. The van der Waals surface area contributed by atoms with Crippen molar-refractivity contribution >= 4 is 12.6 Å². The van der Waals surface area contributed by atoms with E-state index >= 15 is 0 Å². The molecule has 0 spiro atoms. The molecule has 0 amide bonds. The molecule has 0 unspecified atom stereocenters. The summed E-state index contributed by atoms with van der Waals surface area (Å²) in [4.78, 5) is 0. The van der Waals surface area contributed by atoms with E-state index in [0.29, 0.717) is 0 Å². The molecule has 0 N–H and O–H groups in total. The molecule has 0 saturated carbocycles. The Morgan fingerprint density at radius 3 is 0.882 bits per heavy atom. The maximum absolute atomic E-state index is 12.6. The first kappa shape index (κ1) is 16.6. The van der Waals surface area contributed by atoms with Gasteiger partial charge in [0.05, 0.1) is 0 Å². The summed E-state index contributed by atoms with van der Waals surface area (Å²) in [7, 11) is 0. The average Bonchev–Trinajstić information content (AvgIpc) is 1.98. The van der Waals surface area contributed by atoms with Crippen LogP contribution in [0.1, 0.15) is 6.92 Å². The molecule has 0 aromatic heterocycles. The van der Waals surface area contributed by atoms with Crippen molar-refractivity contribution in [1.82, 2.24) is 0 Å². The Hall–Kier alpha value is -0.350. The van der Waals surface area contributed by atoms with Gasteiger partial charge in [0.15, 0.2) is 4.75 Å². The normalized spacial score (nSPS) is 16.2. The maximum Gasteiger partial charge on any atom is 0.455 e. The summed E-state index contributed by atoms with van der Waals surface area (Å²) in [6, 6.07) is 0. The van der Waals surface area contributed by atoms with Crippen molar-refractivity contribution in [2.45, 2.75) is 35.9 Å². The molecule has 11 heteroatoms. The standard InChI is InChI=1S/C6H4F10S/c1-2(17,3(7,8)5(11,12)13)4(9,10)6(14,15)16/h17H,1H3. The van der Waals surface area contributed by atoms with E-state index in [-0.39, 0.29) is 0 Å². The Labute approximate surface area is 93.4 Å². The molecule has 0 saturated heterocycles. The fourth-order valence-electron chi connectivity index (χ4n) is 0.749. The van der Waals surface area contributed by atoms with Crippen LogP contribution in [0.5, 0.6) is 0 Å². The number of rotatable bonds is 2. The Morgan fingerprint density at radius 1 is 0.588 bits per heavy atom. The number of hydrogen-bond acceptors (Lipinski definition) is 1. The SMILES string of the molecule is CC(S)(C(F)(F)C(F)(F)F)C(F)(F)C(F)(F)F. The number of hydrogen-bond donors (Lipinski definition) is 1. The Morgan fingerprint density at radius 2 is 0.765 bits per heavy atom. The van der Waals surface area contributed by atoms with Crippen LogP contribution in [0.25, 0.3) is 0 Å². The van der Waals surface area contributed by atoms with Crippen LogP contribution in [0.15, 0.2) is 0 Å². The lowest BCUT2D eigenvalue weighted by atomic mass is 9.93. The molecule has 0 bridgehead atoms. The molecule has 0 aliphatic heterocycles. The molecule has 0 aliphatic rings. The quantitative estimate of drug-likeness (QED) is 0.576. The highest BCUT2D eigenvalue weighted by atomic mass is 32.1. The molecule has 104 valence electrons. The lowest BCUT2D eigenvalue weighted by Gasteiger charge is -2.40. The molecule has 0 atom stereocenters. The zero-order valence-electron chi connectivity index (χ0n) is 7.73. The number of alkyl halides is 10. The fourth-order valence-corrected chi connectivity index (χ4v) is 1.00. The smallest absolute Gasteiger partial charge is 0.194 e. The minimum Gasteiger partial charge on any atom is -0.194 e. The number of thiol groups is 1. The topological polar surface area (TPSA) is 0 Å². The zero-order valence-corrected chi connectivity index (χ0v) is 8.62. The second kappa shape index (κ2) is 3.82. The molecule has 0 aromatic rings. The molecule has 0 radical (unpaired) electrons. The summed E-state index contributed by atoms with van der Waals surface area (Å²) < 4.78 is 116. The van der Waals surface area contributed by atoms with Gasteiger partial charge in [0.2, 0.25) is 0 Å². The van der Waals surface area contributed by atoms with Gasteiger partial charge in [-0.15, -0.1) is 0 Å². The summed E-state index contributed by atoms with van der Waals surface area (Å²) in [5.41, 5.74) is 0. The van der Waals surface area contributed by atoms with E-state index in [9.17, 15) is 43.9 Å². The van der Waals surface area contributed by atoms with Crippen LogP contribution in [0, 0.1) is 0 Å². The predicted molar refractivity (Wildman–Crippen MR) is 39.4 cm³/mol. The lowest BCUT2D eigenvalue weighted by molar-refractivity contribution is -0.357. The highest BCUT2D eigenvalue weighted by molar-refractivity contribution is 7.82. The first-order chi connectivity index (χ1) is 7.00. The van der Waals surface area contributed by atoms with Crippen LogP contribution in [0.2, 0.25) is 0 Å². The third-order valence-electron chi connectivity index (χ3n) is 1.93. The van der Waals surface area contributed by atoms with Crippen molar-refractivity contribution in [2.75, 3.05) is 0 Å². The summed E-state index contributed by atoms with van der Waals surface area (Å²) in [6.45, 7) is -0.628. The van der Waals surface area contributed by atoms with Gasteiger partial charge in [-0.05, 0) is 6.92 Å². The van der Waals surface area contributed by atoms with Crippen LogP contribution >= 0.6 is 12.6 Å². The van der Waals surface area contributed by atoms with Crippen molar-refractivity contribution in [3.8, 4) is 0 Å². The second-order valence-corrected chi connectivity index (χ2v) is 4.11. The molecular weight excluding hydrogens is 294 g/mol. The molecule has 17 heavy (non-hydrogen) atoms. The van der Waals surface area contributed by atoms with Gasteiger partial charge in [0, 0.05) is 0 Å². The summed E-state index contributed by atoms with van der Waals surface area (Å²) in [6.07, 6.45) is -13.2. The highest BCUT2D eigenvalue weighted by Crippen LogP contribution is 2.57. The van der Waals surface area contributed by atoms with E-state index in [0.717, 1.165) is 0 Å².